The van der Waals surface area contributed by atoms with Gasteiger partial charge in [0.2, 0.25) is 11.8 Å². The van der Waals surface area contributed by atoms with Crippen molar-refractivity contribution in [3.05, 3.63) is 21.4 Å². The maximum atomic E-state index is 12.3. The van der Waals surface area contributed by atoms with Crippen LogP contribution < -0.4 is 10.9 Å². The van der Waals surface area contributed by atoms with Gasteiger partial charge in [0, 0.05) is 30.8 Å². The number of morpholine rings is 1. The number of fused-ring (bicyclic) bond motifs is 1. The minimum atomic E-state index is -0.361. The monoisotopic (exact) mass is 393 g/mol. The van der Waals surface area contributed by atoms with Gasteiger partial charge in [-0.3, -0.25) is 25.2 Å². The molecule has 0 spiro atoms. The largest absolute Gasteiger partial charge is 0.378 e. The van der Waals surface area contributed by atoms with Gasteiger partial charge in [-0.15, -0.1) is 11.3 Å². The van der Waals surface area contributed by atoms with Crippen LogP contribution in [0.2, 0.25) is 0 Å². The quantitative estimate of drug-likeness (QED) is 0.764. The summed E-state index contributed by atoms with van der Waals surface area (Å²) in [5, 5.41) is 0. The number of amides is 3. The first-order valence-corrected chi connectivity index (χ1v) is 10.5. The summed E-state index contributed by atoms with van der Waals surface area (Å²) in [5.74, 6) is -0.711. The van der Waals surface area contributed by atoms with Crippen molar-refractivity contribution in [1.29, 1.82) is 0 Å². The maximum Gasteiger partial charge on any atom is 0.279 e. The van der Waals surface area contributed by atoms with E-state index in [1.165, 1.54) is 47.5 Å². The van der Waals surface area contributed by atoms with E-state index in [9.17, 15) is 14.4 Å². The smallest absolute Gasteiger partial charge is 0.279 e. The first-order valence-electron chi connectivity index (χ1n) is 9.70. The zero-order valence-corrected chi connectivity index (χ0v) is 16.4. The number of rotatable bonds is 4. The third-order valence-electron chi connectivity index (χ3n) is 4.97. The van der Waals surface area contributed by atoms with Gasteiger partial charge in [-0.05, 0) is 37.3 Å². The van der Waals surface area contributed by atoms with Crippen LogP contribution in [0.3, 0.4) is 0 Å². The molecule has 148 valence electrons. The van der Waals surface area contributed by atoms with E-state index in [0.717, 1.165) is 12.8 Å². The molecule has 1 fully saturated rings. The Morgan fingerprint density at radius 2 is 1.74 bits per heavy atom. The van der Waals surface area contributed by atoms with E-state index >= 15 is 0 Å². The number of aryl methyl sites for hydroxylation is 2. The van der Waals surface area contributed by atoms with Crippen molar-refractivity contribution in [3.8, 4) is 0 Å². The summed E-state index contributed by atoms with van der Waals surface area (Å²) in [6.45, 7) is 2.22. The average molecular weight is 394 g/mol. The van der Waals surface area contributed by atoms with Crippen molar-refractivity contribution in [1.82, 2.24) is 15.8 Å². The van der Waals surface area contributed by atoms with Gasteiger partial charge < -0.3 is 9.64 Å². The summed E-state index contributed by atoms with van der Waals surface area (Å²) in [7, 11) is 0. The second kappa shape index (κ2) is 9.85. The minimum Gasteiger partial charge on any atom is -0.378 e. The number of carbonyl (C=O) groups is 3. The number of carbonyl (C=O) groups excluding carboxylic acids is 3. The Kier molecular flexibility index (Phi) is 7.23. The lowest BCUT2D eigenvalue weighted by Crippen LogP contribution is -2.43. The predicted octanol–water partition coefficient (Wildman–Crippen LogP) is 1.81. The summed E-state index contributed by atoms with van der Waals surface area (Å²) in [4.78, 5) is 39.9. The molecule has 0 saturated carbocycles. The lowest BCUT2D eigenvalue weighted by molar-refractivity contribution is -0.137. The number of nitrogens with zero attached hydrogens (tertiary/aromatic N) is 1. The van der Waals surface area contributed by atoms with Crippen molar-refractivity contribution in [2.75, 3.05) is 26.3 Å². The molecule has 0 bridgehead atoms. The number of nitrogens with one attached hydrogen (secondary N) is 2. The molecule has 2 N–H and O–H groups in total. The first-order chi connectivity index (χ1) is 13.1. The van der Waals surface area contributed by atoms with E-state index in [1.54, 1.807) is 4.90 Å². The fourth-order valence-electron chi connectivity index (χ4n) is 3.40. The van der Waals surface area contributed by atoms with Crippen molar-refractivity contribution < 1.29 is 19.1 Å². The molecule has 0 aromatic carbocycles. The predicted molar refractivity (Wildman–Crippen MR) is 102 cm³/mol. The molecule has 0 atom stereocenters. The Labute approximate surface area is 163 Å². The number of ether oxygens (including phenoxy) is 1. The van der Waals surface area contributed by atoms with E-state index in [2.05, 4.69) is 10.9 Å². The molecule has 3 rings (SSSR count). The molecule has 1 aliphatic carbocycles. The summed E-state index contributed by atoms with van der Waals surface area (Å²) in [6.07, 6.45) is 7.07. The number of thiophene rings is 1. The standard InChI is InChI=1S/C19H27N3O4S/c23-17(7-8-18(24)22-9-11-26-12-10-22)20-21-19(25)16-13-14-5-3-1-2-4-6-15(14)27-16/h13H,1-12H2,(H,20,23)(H,21,25). The van der Waals surface area contributed by atoms with Gasteiger partial charge in [0.15, 0.2) is 0 Å². The lowest BCUT2D eigenvalue weighted by Gasteiger charge is -2.26. The van der Waals surface area contributed by atoms with Gasteiger partial charge in [-0.1, -0.05) is 12.8 Å². The van der Waals surface area contributed by atoms with E-state index < -0.39 is 0 Å². The van der Waals surface area contributed by atoms with Gasteiger partial charge >= 0.3 is 0 Å². The second-order valence-corrected chi connectivity index (χ2v) is 8.11. The van der Waals surface area contributed by atoms with Crippen LogP contribution in [0.4, 0.5) is 0 Å². The molecule has 0 radical (unpaired) electrons. The fourth-order valence-corrected chi connectivity index (χ4v) is 4.55. The van der Waals surface area contributed by atoms with Crippen LogP contribution in [0.5, 0.6) is 0 Å². The molecule has 3 amide bonds. The molecule has 8 heteroatoms. The van der Waals surface area contributed by atoms with Crippen molar-refractivity contribution >= 4 is 29.1 Å². The zero-order chi connectivity index (χ0) is 19.1. The van der Waals surface area contributed by atoms with Gasteiger partial charge in [-0.25, -0.2) is 0 Å². The molecule has 1 aliphatic heterocycles. The van der Waals surface area contributed by atoms with E-state index in [4.69, 9.17) is 4.74 Å². The van der Waals surface area contributed by atoms with Crippen LogP contribution in [-0.4, -0.2) is 48.9 Å². The Balaban J connectivity index is 1.42. The molecule has 0 unspecified atom stereocenters. The highest BCUT2D eigenvalue weighted by Gasteiger charge is 2.19. The molecule has 7 nitrogen and oxygen atoms in total. The van der Waals surface area contributed by atoms with Crippen LogP contribution in [0.25, 0.3) is 0 Å². The topological polar surface area (TPSA) is 87.7 Å². The highest BCUT2D eigenvalue weighted by atomic mass is 32.1. The van der Waals surface area contributed by atoms with E-state index in [-0.39, 0.29) is 30.6 Å². The fraction of sp³-hybridized carbons (Fsp3) is 0.632. The summed E-state index contributed by atoms with van der Waals surface area (Å²) < 4.78 is 5.21. The zero-order valence-electron chi connectivity index (χ0n) is 15.6. The third kappa shape index (κ3) is 5.77. The summed E-state index contributed by atoms with van der Waals surface area (Å²) in [5.41, 5.74) is 6.16. The summed E-state index contributed by atoms with van der Waals surface area (Å²) in [6, 6.07) is 1.95. The molecule has 1 aromatic heterocycles. The number of hydrogen-bond acceptors (Lipinski definition) is 5. The molecule has 2 aliphatic rings. The molecule has 2 heterocycles. The van der Waals surface area contributed by atoms with Gasteiger partial charge in [-0.2, -0.15) is 0 Å². The normalized spacial score (nSPS) is 17.4. The SMILES string of the molecule is O=C(CCC(=O)N1CCOCC1)NNC(=O)c1cc2c(s1)CCCCCC2. The van der Waals surface area contributed by atoms with Crippen LogP contribution in [0.1, 0.15) is 58.6 Å². The maximum absolute atomic E-state index is 12.3. The molecule has 27 heavy (non-hydrogen) atoms. The van der Waals surface area contributed by atoms with Crippen LogP contribution >= 0.6 is 11.3 Å². The van der Waals surface area contributed by atoms with Crippen LogP contribution in [-0.2, 0) is 27.2 Å². The average Bonchev–Trinajstić information content (AvgIpc) is 3.07. The molecule has 1 aromatic rings. The van der Waals surface area contributed by atoms with Crippen LogP contribution in [0.15, 0.2) is 6.07 Å². The number of hydrogen-bond donors (Lipinski definition) is 2. The Morgan fingerprint density at radius 1 is 1.00 bits per heavy atom. The highest BCUT2D eigenvalue weighted by molar-refractivity contribution is 7.14. The van der Waals surface area contributed by atoms with E-state index in [1.807, 2.05) is 6.07 Å². The van der Waals surface area contributed by atoms with Crippen molar-refractivity contribution in [2.45, 2.75) is 51.4 Å². The number of hydrazine groups is 1. The van der Waals surface area contributed by atoms with Gasteiger partial charge in [0.1, 0.15) is 0 Å². The Bertz CT molecular complexity index is 657. The summed E-state index contributed by atoms with van der Waals surface area (Å²) >= 11 is 1.52. The highest BCUT2D eigenvalue weighted by Crippen LogP contribution is 2.28. The van der Waals surface area contributed by atoms with E-state index in [0.29, 0.717) is 31.2 Å². The van der Waals surface area contributed by atoms with Crippen molar-refractivity contribution in [3.63, 3.8) is 0 Å². The molecule has 1 saturated heterocycles. The molecular weight excluding hydrogens is 366 g/mol. The Morgan fingerprint density at radius 3 is 2.52 bits per heavy atom. The van der Waals surface area contributed by atoms with Crippen molar-refractivity contribution in [2.24, 2.45) is 0 Å². The Hall–Kier alpha value is -1.93. The third-order valence-corrected chi connectivity index (χ3v) is 6.20. The van der Waals surface area contributed by atoms with Gasteiger partial charge in [0.05, 0.1) is 18.1 Å². The second-order valence-electron chi connectivity index (χ2n) is 6.97. The lowest BCUT2D eigenvalue weighted by atomic mass is 10.00. The van der Waals surface area contributed by atoms with Gasteiger partial charge in [0.25, 0.3) is 5.91 Å². The van der Waals surface area contributed by atoms with Crippen LogP contribution in [0, 0.1) is 0 Å². The minimum absolute atomic E-state index is 0.0530. The molecular formula is C19H27N3O4S. The first kappa shape index (κ1) is 19.8.